The van der Waals surface area contributed by atoms with Crippen LogP contribution in [0.4, 0.5) is 0 Å². The van der Waals surface area contributed by atoms with Gasteiger partial charge < -0.3 is 9.97 Å². The SMILES string of the molecule is S=c1cc2[nH]ccc2c[nH]1. The third-order valence-electron chi connectivity index (χ3n) is 1.46. The lowest BCUT2D eigenvalue weighted by atomic mass is 10.3. The molecule has 2 nitrogen and oxygen atoms in total. The molecule has 3 heteroatoms. The Bertz CT molecular complexity index is 399. The van der Waals surface area contributed by atoms with Crippen molar-refractivity contribution in [1.82, 2.24) is 9.97 Å². The second-order valence-corrected chi connectivity index (χ2v) is 2.58. The van der Waals surface area contributed by atoms with Crippen LogP contribution in [0.2, 0.25) is 0 Å². The Kier molecular flexibility index (Phi) is 1.11. The third kappa shape index (κ3) is 0.752. The Hall–Kier alpha value is -1.09. The Labute approximate surface area is 62.9 Å². The zero-order valence-electron chi connectivity index (χ0n) is 5.22. The Morgan fingerprint density at radius 3 is 3.10 bits per heavy atom. The lowest BCUT2D eigenvalue weighted by molar-refractivity contribution is 1.32. The van der Waals surface area contributed by atoms with Crippen LogP contribution in [0.25, 0.3) is 10.9 Å². The highest BCUT2D eigenvalue weighted by Crippen LogP contribution is 2.08. The molecule has 2 rings (SSSR count). The standard InChI is InChI=1S/C7H6N2S/c10-7-3-6-5(4-9-7)1-2-8-6/h1-4,8H,(H,9,10). The predicted octanol–water partition coefficient (Wildman–Crippen LogP) is 2.23. The van der Waals surface area contributed by atoms with Gasteiger partial charge in [-0.2, -0.15) is 0 Å². The van der Waals surface area contributed by atoms with Crippen molar-refractivity contribution >= 4 is 23.1 Å². The van der Waals surface area contributed by atoms with E-state index in [1.54, 1.807) is 0 Å². The molecule has 0 bridgehead atoms. The van der Waals surface area contributed by atoms with Crippen LogP contribution < -0.4 is 0 Å². The summed E-state index contributed by atoms with van der Waals surface area (Å²) in [5.74, 6) is 0. The van der Waals surface area contributed by atoms with Crippen LogP contribution in [0.3, 0.4) is 0 Å². The average molecular weight is 150 g/mol. The second kappa shape index (κ2) is 1.95. The first kappa shape index (κ1) is 5.68. The van der Waals surface area contributed by atoms with Gasteiger partial charge in [0.15, 0.2) is 0 Å². The quantitative estimate of drug-likeness (QED) is 0.554. The van der Waals surface area contributed by atoms with E-state index in [0.717, 1.165) is 15.5 Å². The van der Waals surface area contributed by atoms with Crippen LogP contribution in [-0.2, 0) is 0 Å². The van der Waals surface area contributed by atoms with Crippen LogP contribution in [-0.4, -0.2) is 9.97 Å². The number of fused-ring (bicyclic) bond motifs is 1. The zero-order valence-corrected chi connectivity index (χ0v) is 6.03. The fraction of sp³-hybridized carbons (Fsp3) is 0. The molecule has 0 spiro atoms. The summed E-state index contributed by atoms with van der Waals surface area (Å²) in [6, 6.07) is 3.91. The van der Waals surface area contributed by atoms with Crippen LogP contribution >= 0.6 is 12.2 Å². The number of nitrogens with one attached hydrogen (secondary N) is 2. The van der Waals surface area contributed by atoms with Gasteiger partial charge in [0.05, 0.1) is 0 Å². The van der Waals surface area contributed by atoms with Crippen molar-refractivity contribution in [3.63, 3.8) is 0 Å². The van der Waals surface area contributed by atoms with Crippen molar-refractivity contribution in [2.45, 2.75) is 0 Å². The molecule has 0 radical (unpaired) electrons. The molecule has 2 heterocycles. The van der Waals surface area contributed by atoms with Crippen molar-refractivity contribution in [1.29, 1.82) is 0 Å². The van der Waals surface area contributed by atoms with Gasteiger partial charge in [0, 0.05) is 23.3 Å². The molecular weight excluding hydrogens is 144 g/mol. The van der Waals surface area contributed by atoms with Crippen LogP contribution in [0, 0.1) is 4.64 Å². The van der Waals surface area contributed by atoms with Crippen molar-refractivity contribution in [3.8, 4) is 0 Å². The highest BCUT2D eigenvalue weighted by molar-refractivity contribution is 7.71. The lowest BCUT2D eigenvalue weighted by Gasteiger charge is -1.86. The molecule has 0 unspecified atom stereocenters. The summed E-state index contributed by atoms with van der Waals surface area (Å²) in [7, 11) is 0. The molecule has 50 valence electrons. The molecule has 0 fully saturated rings. The molecule has 0 saturated heterocycles. The summed E-state index contributed by atoms with van der Waals surface area (Å²) < 4.78 is 0.759. The summed E-state index contributed by atoms with van der Waals surface area (Å²) in [5.41, 5.74) is 1.09. The lowest BCUT2D eigenvalue weighted by Crippen LogP contribution is -1.71. The summed E-state index contributed by atoms with van der Waals surface area (Å²) in [6.45, 7) is 0. The summed E-state index contributed by atoms with van der Waals surface area (Å²) in [4.78, 5) is 6.03. The van der Waals surface area contributed by atoms with Crippen LogP contribution in [0.5, 0.6) is 0 Å². The smallest absolute Gasteiger partial charge is 0.105 e. The van der Waals surface area contributed by atoms with Gasteiger partial charge in [-0.3, -0.25) is 0 Å². The van der Waals surface area contributed by atoms with Crippen LogP contribution in [0.15, 0.2) is 24.5 Å². The Morgan fingerprint density at radius 2 is 2.20 bits per heavy atom. The van der Waals surface area contributed by atoms with Gasteiger partial charge in [0.25, 0.3) is 0 Å². The first-order valence-corrected chi connectivity index (χ1v) is 3.43. The Balaban J connectivity index is 2.99. The van der Waals surface area contributed by atoms with Gasteiger partial charge in [0.1, 0.15) is 4.64 Å². The predicted molar refractivity (Wildman–Crippen MR) is 43.5 cm³/mol. The van der Waals surface area contributed by atoms with E-state index in [4.69, 9.17) is 12.2 Å². The Morgan fingerprint density at radius 1 is 1.30 bits per heavy atom. The minimum atomic E-state index is 0.759. The highest BCUT2D eigenvalue weighted by atomic mass is 32.1. The van der Waals surface area contributed by atoms with E-state index in [9.17, 15) is 0 Å². The number of hydrogen-bond acceptors (Lipinski definition) is 1. The second-order valence-electron chi connectivity index (χ2n) is 2.14. The minimum absolute atomic E-state index is 0.759. The first-order valence-electron chi connectivity index (χ1n) is 3.02. The van der Waals surface area contributed by atoms with E-state index < -0.39 is 0 Å². The monoisotopic (exact) mass is 150 g/mol. The summed E-state index contributed by atoms with van der Waals surface area (Å²) in [6.07, 6.45) is 3.79. The van der Waals surface area contributed by atoms with E-state index >= 15 is 0 Å². The maximum atomic E-state index is 4.93. The van der Waals surface area contributed by atoms with Gasteiger partial charge in [-0.1, -0.05) is 12.2 Å². The molecule has 0 saturated carbocycles. The fourth-order valence-corrected chi connectivity index (χ4v) is 1.14. The van der Waals surface area contributed by atoms with Crippen molar-refractivity contribution < 1.29 is 0 Å². The maximum absolute atomic E-state index is 4.93. The van der Waals surface area contributed by atoms with Crippen molar-refractivity contribution in [2.24, 2.45) is 0 Å². The van der Waals surface area contributed by atoms with Gasteiger partial charge >= 0.3 is 0 Å². The molecule has 0 amide bonds. The van der Waals surface area contributed by atoms with Gasteiger partial charge in [-0.25, -0.2) is 0 Å². The van der Waals surface area contributed by atoms with Crippen molar-refractivity contribution in [3.05, 3.63) is 29.2 Å². The van der Waals surface area contributed by atoms with Gasteiger partial charge in [0.2, 0.25) is 0 Å². The molecular formula is C7H6N2S. The molecule has 0 aliphatic heterocycles. The maximum Gasteiger partial charge on any atom is 0.105 e. The van der Waals surface area contributed by atoms with E-state index in [1.165, 1.54) is 0 Å². The zero-order chi connectivity index (χ0) is 6.97. The van der Waals surface area contributed by atoms with Crippen LogP contribution in [0.1, 0.15) is 0 Å². The molecule has 2 aromatic rings. The van der Waals surface area contributed by atoms with E-state index in [1.807, 2.05) is 24.5 Å². The number of H-pyrrole nitrogens is 2. The molecule has 0 aliphatic carbocycles. The largest absolute Gasteiger partial charge is 0.361 e. The molecule has 2 aromatic heterocycles. The molecule has 0 aromatic carbocycles. The number of hydrogen-bond donors (Lipinski definition) is 2. The van der Waals surface area contributed by atoms with E-state index in [2.05, 4.69) is 9.97 Å². The van der Waals surface area contributed by atoms with E-state index in [-0.39, 0.29) is 0 Å². The van der Waals surface area contributed by atoms with Crippen molar-refractivity contribution in [2.75, 3.05) is 0 Å². The third-order valence-corrected chi connectivity index (χ3v) is 1.69. The van der Waals surface area contributed by atoms with E-state index in [0.29, 0.717) is 0 Å². The minimum Gasteiger partial charge on any atom is -0.361 e. The molecule has 0 aliphatic rings. The van der Waals surface area contributed by atoms with Gasteiger partial charge in [-0.15, -0.1) is 0 Å². The fourth-order valence-electron chi connectivity index (χ4n) is 0.967. The topological polar surface area (TPSA) is 31.6 Å². The van der Waals surface area contributed by atoms with Gasteiger partial charge in [-0.05, 0) is 12.1 Å². The number of rotatable bonds is 0. The summed E-state index contributed by atoms with van der Waals surface area (Å²) in [5, 5.41) is 1.16. The average Bonchev–Trinajstić information content (AvgIpc) is 2.33. The molecule has 10 heavy (non-hydrogen) atoms. The molecule has 0 atom stereocenters. The number of pyridine rings is 1. The molecule has 2 N–H and O–H groups in total. The normalized spacial score (nSPS) is 10.4. The first-order chi connectivity index (χ1) is 4.86. The summed E-state index contributed by atoms with van der Waals surface area (Å²) >= 11 is 4.93. The highest BCUT2D eigenvalue weighted by Gasteiger charge is 1.89. The number of aromatic amines is 2. The number of aromatic nitrogens is 2.